The van der Waals surface area contributed by atoms with Crippen molar-refractivity contribution in [3.63, 3.8) is 0 Å². The van der Waals surface area contributed by atoms with Gasteiger partial charge in [0.15, 0.2) is 0 Å². The topological polar surface area (TPSA) is 72.9 Å². The first-order valence-electron chi connectivity index (χ1n) is 8.84. The van der Waals surface area contributed by atoms with Crippen molar-refractivity contribution in [2.75, 3.05) is 26.3 Å². The molecule has 29 heavy (non-hydrogen) atoms. The summed E-state index contributed by atoms with van der Waals surface area (Å²) in [4.78, 5) is 12.2. The van der Waals surface area contributed by atoms with Crippen LogP contribution >= 0.6 is 34.8 Å². The summed E-state index contributed by atoms with van der Waals surface area (Å²) in [6.07, 6.45) is 1.60. The monoisotopic (exact) mass is 477 g/mol. The maximum atomic E-state index is 12.8. The van der Waals surface area contributed by atoms with E-state index in [2.05, 4.69) is 0 Å². The molecule has 0 aromatic heterocycles. The summed E-state index contributed by atoms with van der Waals surface area (Å²) >= 11 is 17.9. The molecule has 1 heterocycles. The highest BCUT2D eigenvalue weighted by Gasteiger charge is 2.29. The Balaban J connectivity index is 1.62. The first-order chi connectivity index (χ1) is 13.8. The number of halogens is 3. The molecule has 0 spiro atoms. The molecular weight excluding hydrogens is 461 g/mol. The predicted molar refractivity (Wildman–Crippen MR) is 112 cm³/mol. The van der Waals surface area contributed by atoms with Crippen LogP contribution in [-0.2, 0) is 14.8 Å². The lowest BCUT2D eigenvalue weighted by molar-refractivity contribution is 0.0450. The average molecular weight is 479 g/mol. The fourth-order valence-corrected chi connectivity index (χ4v) is 5.34. The number of hydrogen-bond donors (Lipinski definition) is 0. The van der Waals surface area contributed by atoms with E-state index < -0.39 is 16.0 Å². The normalized spacial score (nSPS) is 14.7. The maximum absolute atomic E-state index is 12.8. The number of sulfonamides is 1. The molecule has 0 bridgehead atoms. The minimum absolute atomic E-state index is 0.0470. The molecule has 1 saturated heterocycles. The molecule has 0 unspecified atom stereocenters. The number of ether oxygens (including phenoxy) is 2. The lowest BCUT2D eigenvalue weighted by atomic mass is 10.2. The molecule has 0 saturated carbocycles. The van der Waals surface area contributed by atoms with E-state index in [0.29, 0.717) is 28.9 Å². The van der Waals surface area contributed by atoms with E-state index in [1.807, 2.05) is 0 Å². The second-order valence-electron chi connectivity index (χ2n) is 6.32. The van der Waals surface area contributed by atoms with Crippen LogP contribution in [0, 0.1) is 0 Å². The second-order valence-corrected chi connectivity index (χ2v) is 9.47. The summed E-state index contributed by atoms with van der Waals surface area (Å²) in [5.41, 5.74) is 0.0942. The van der Waals surface area contributed by atoms with E-state index >= 15 is 0 Å². The van der Waals surface area contributed by atoms with Crippen molar-refractivity contribution in [3.05, 3.63) is 57.0 Å². The number of carbonyl (C=O) groups is 1. The summed E-state index contributed by atoms with van der Waals surface area (Å²) in [7, 11) is -3.75. The zero-order valence-corrected chi connectivity index (χ0v) is 18.3. The molecule has 0 amide bonds. The fourth-order valence-electron chi connectivity index (χ4n) is 2.86. The van der Waals surface area contributed by atoms with Gasteiger partial charge < -0.3 is 9.47 Å². The highest BCUT2D eigenvalue weighted by atomic mass is 35.5. The Morgan fingerprint density at radius 1 is 0.966 bits per heavy atom. The zero-order valence-electron chi connectivity index (χ0n) is 15.2. The first-order valence-corrected chi connectivity index (χ1v) is 11.4. The molecule has 0 aliphatic carbocycles. The summed E-state index contributed by atoms with van der Waals surface area (Å²) in [5.74, 6) is -0.261. The smallest absolute Gasteiger partial charge is 0.338 e. The zero-order chi connectivity index (χ0) is 21.0. The van der Waals surface area contributed by atoms with Crippen LogP contribution in [0.25, 0.3) is 0 Å². The molecule has 2 aromatic rings. The van der Waals surface area contributed by atoms with Crippen LogP contribution in [0.5, 0.6) is 5.75 Å². The van der Waals surface area contributed by atoms with Crippen LogP contribution in [0.3, 0.4) is 0 Å². The quantitative estimate of drug-likeness (QED) is 0.427. The van der Waals surface area contributed by atoms with Crippen molar-refractivity contribution in [1.82, 2.24) is 4.31 Å². The van der Waals surface area contributed by atoms with E-state index in [1.54, 1.807) is 18.2 Å². The van der Waals surface area contributed by atoms with Crippen LogP contribution in [0.4, 0.5) is 0 Å². The predicted octanol–water partition coefficient (Wildman–Crippen LogP) is 4.67. The summed E-state index contributed by atoms with van der Waals surface area (Å²) in [6.45, 7) is 0.907. The maximum Gasteiger partial charge on any atom is 0.338 e. The number of esters is 1. The Morgan fingerprint density at radius 3 is 2.38 bits per heavy atom. The van der Waals surface area contributed by atoms with Crippen molar-refractivity contribution >= 4 is 50.8 Å². The Kier molecular flexibility index (Phi) is 7.29. The Labute approximate surface area is 184 Å². The molecule has 1 fully saturated rings. The first kappa shape index (κ1) is 22.2. The third-order valence-corrected chi connectivity index (χ3v) is 7.23. The number of rotatable bonds is 7. The Bertz CT molecular complexity index is 1010. The lowest BCUT2D eigenvalue weighted by Gasteiger charge is -2.17. The molecule has 1 aliphatic rings. The van der Waals surface area contributed by atoms with Crippen LogP contribution < -0.4 is 4.74 Å². The second kappa shape index (κ2) is 9.53. The van der Waals surface area contributed by atoms with Gasteiger partial charge in [-0.25, -0.2) is 13.2 Å². The molecular formula is C19H18Cl3NO5S. The number of hydrogen-bond acceptors (Lipinski definition) is 5. The van der Waals surface area contributed by atoms with Crippen LogP contribution in [0.2, 0.25) is 15.1 Å². The molecule has 1 aliphatic heterocycles. The van der Waals surface area contributed by atoms with Crippen LogP contribution in [-0.4, -0.2) is 45.0 Å². The van der Waals surface area contributed by atoms with E-state index in [0.717, 1.165) is 12.8 Å². The number of carbonyl (C=O) groups excluding carboxylic acids is 1. The van der Waals surface area contributed by atoms with E-state index in [9.17, 15) is 13.2 Å². The van der Waals surface area contributed by atoms with Gasteiger partial charge in [-0.15, -0.1) is 0 Å². The number of benzene rings is 2. The van der Waals surface area contributed by atoms with Gasteiger partial charge in [0, 0.05) is 18.1 Å². The molecule has 2 aromatic carbocycles. The minimum Gasteiger partial charge on any atom is -0.488 e. The van der Waals surface area contributed by atoms with Gasteiger partial charge in [-0.2, -0.15) is 4.31 Å². The van der Waals surface area contributed by atoms with Crippen molar-refractivity contribution < 1.29 is 22.7 Å². The van der Waals surface area contributed by atoms with Gasteiger partial charge >= 0.3 is 5.97 Å². The van der Waals surface area contributed by atoms with E-state index in [1.165, 1.54) is 22.5 Å². The third-order valence-electron chi connectivity index (χ3n) is 4.32. The van der Waals surface area contributed by atoms with Gasteiger partial charge in [-0.05, 0) is 49.2 Å². The molecule has 0 N–H and O–H groups in total. The van der Waals surface area contributed by atoms with E-state index in [-0.39, 0.29) is 28.7 Å². The summed E-state index contributed by atoms with van der Waals surface area (Å²) in [5, 5.41) is 0.892. The van der Waals surface area contributed by atoms with Crippen LogP contribution in [0.1, 0.15) is 23.2 Å². The SMILES string of the molecule is O=C(OCCOc1ccc(Cl)cc1Cl)c1ccc(Cl)c(S(=O)(=O)N2CCCC2)c1. The Morgan fingerprint density at radius 2 is 1.69 bits per heavy atom. The lowest BCUT2D eigenvalue weighted by Crippen LogP contribution is -2.28. The largest absolute Gasteiger partial charge is 0.488 e. The molecule has 10 heteroatoms. The minimum atomic E-state index is -3.75. The van der Waals surface area contributed by atoms with Crippen molar-refractivity contribution in [2.24, 2.45) is 0 Å². The highest BCUT2D eigenvalue weighted by molar-refractivity contribution is 7.89. The summed E-state index contributed by atoms with van der Waals surface area (Å²) < 4.78 is 37.5. The van der Waals surface area contributed by atoms with Gasteiger partial charge in [0.1, 0.15) is 23.9 Å². The van der Waals surface area contributed by atoms with Crippen molar-refractivity contribution in [1.29, 1.82) is 0 Å². The third kappa shape index (κ3) is 5.35. The summed E-state index contributed by atoms with van der Waals surface area (Å²) in [6, 6.07) is 8.83. The molecule has 156 valence electrons. The Hall–Kier alpha value is -1.51. The average Bonchev–Trinajstić information content (AvgIpc) is 3.22. The fraction of sp³-hybridized carbons (Fsp3) is 0.316. The van der Waals surface area contributed by atoms with E-state index in [4.69, 9.17) is 44.3 Å². The van der Waals surface area contributed by atoms with Gasteiger partial charge in [0.25, 0.3) is 0 Å². The number of nitrogens with zero attached hydrogens (tertiary/aromatic N) is 1. The van der Waals surface area contributed by atoms with Gasteiger partial charge in [-0.3, -0.25) is 0 Å². The molecule has 0 atom stereocenters. The van der Waals surface area contributed by atoms with Crippen molar-refractivity contribution in [2.45, 2.75) is 17.7 Å². The molecule has 6 nitrogen and oxygen atoms in total. The molecule has 3 rings (SSSR count). The van der Waals surface area contributed by atoms with Gasteiger partial charge in [-0.1, -0.05) is 34.8 Å². The van der Waals surface area contributed by atoms with Crippen LogP contribution in [0.15, 0.2) is 41.3 Å². The highest BCUT2D eigenvalue weighted by Crippen LogP contribution is 2.29. The van der Waals surface area contributed by atoms with Crippen molar-refractivity contribution in [3.8, 4) is 5.75 Å². The standard InChI is InChI=1S/C19H18Cl3NO5S/c20-14-4-6-17(16(22)12-14)27-9-10-28-19(24)13-3-5-15(21)18(11-13)29(25,26)23-7-1-2-8-23/h3-6,11-12H,1-2,7-10H2. The van der Waals surface area contributed by atoms with Gasteiger partial charge in [0.2, 0.25) is 10.0 Å². The van der Waals surface area contributed by atoms with Gasteiger partial charge in [0.05, 0.1) is 15.6 Å². The molecule has 0 radical (unpaired) electrons.